The second-order valence-electron chi connectivity index (χ2n) is 4.12. The van der Waals surface area contributed by atoms with Crippen molar-refractivity contribution in [2.45, 2.75) is 6.04 Å². The van der Waals surface area contributed by atoms with Gasteiger partial charge in [-0.15, -0.1) is 0 Å². The maximum Gasteiger partial charge on any atom is 0.318 e. The first-order valence-corrected chi connectivity index (χ1v) is 6.12. The quantitative estimate of drug-likeness (QED) is 0.868. The number of carbonyl (C=O) groups excluding carboxylic acids is 1. The first-order valence-electron chi connectivity index (χ1n) is 5.74. The SMILES string of the molecule is COc1ccc(Cl)cc1C1CN(CCN)C(=O)N1. The lowest BCUT2D eigenvalue weighted by Gasteiger charge is -2.15. The van der Waals surface area contributed by atoms with Gasteiger partial charge in [-0.2, -0.15) is 0 Å². The van der Waals surface area contributed by atoms with E-state index >= 15 is 0 Å². The Labute approximate surface area is 111 Å². The van der Waals surface area contributed by atoms with E-state index in [4.69, 9.17) is 22.1 Å². The number of ether oxygens (including phenoxy) is 1. The zero-order chi connectivity index (χ0) is 13.1. The minimum absolute atomic E-state index is 0.104. The van der Waals surface area contributed by atoms with E-state index in [0.717, 1.165) is 11.3 Å². The van der Waals surface area contributed by atoms with Crippen molar-refractivity contribution in [2.24, 2.45) is 5.73 Å². The first kappa shape index (κ1) is 13.0. The standard InChI is InChI=1S/C12H16ClN3O2/c1-18-11-3-2-8(13)6-9(11)10-7-16(5-4-14)12(17)15-10/h2-3,6,10H,4-5,7,14H2,1H3,(H,15,17). The molecule has 3 N–H and O–H groups in total. The Morgan fingerprint density at radius 3 is 3.06 bits per heavy atom. The van der Waals surface area contributed by atoms with Crippen LogP contribution in [0.4, 0.5) is 4.79 Å². The van der Waals surface area contributed by atoms with E-state index < -0.39 is 0 Å². The summed E-state index contributed by atoms with van der Waals surface area (Å²) in [5.41, 5.74) is 6.35. The van der Waals surface area contributed by atoms with Gasteiger partial charge in [0.15, 0.2) is 0 Å². The summed E-state index contributed by atoms with van der Waals surface area (Å²) >= 11 is 5.98. The summed E-state index contributed by atoms with van der Waals surface area (Å²) in [6, 6.07) is 5.16. The van der Waals surface area contributed by atoms with Crippen molar-refractivity contribution in [1.29, 1.82) is 0 Å². The van der Waals surface area contributed by atoms with E-state index in [1.807, 2.05) is 6.07 Å². The van der Waals surface area contributed by atoms with Crippen LogP contribution in [0.2, 0.25) is 5.02 Å². The van der Waals surface area contributed by atoms with Crippen LogP contribution < -0.4 is 15.8 Å². The molecule has 18 heavy (non-hydrogen) atoms. The van der Waals surface area contributed by atoms with Crippen LogP contribution in [-0.2, 0) is 0 Å². The summed E-state index contributed by atoms with van der Waals surface area (Å²) in [4.78, 5) is 13.4. The van der Waals surface area contributed by atoms with Crippen molar-refractivity contribution in [1.82, 2.24) is 10.2 Å². The molecule has 0 aromatic heterocycles. The van der Waals surface area contributed by atoms with Crippen molar-refractivity contribution in [3.05, 3.63) is 28.8 Å². The van der Waals surface area contributed by atoms with Crippen LogP contribution in [0.5, 0.6) is 5.75 Å². The maximum atomic E-state index is 11.7. The van der Waals surface area contributed by atoms with Crippen LogP contribution in [0.25, 0.3) is 0 Å². The Hall–Kier alpha value is -1.46. The van der Waals surface area contributed by atoms with Crippen LogP contribution >= 0.6 is 11.6 Å². The Morgan fingerprint density at radius 1 is 1.61 bits per heavy atom. The topological polar surface area (TPSA) is 67.6 Å². The van der Waals surface area contributed by atoms with E-state index in [-0.39, 0.29) is 12.1 Å². The number of halogens is 1. The molecule has 0 aliphatic carbocycles. The molecule has 1 aliphatic rings. The summed E-state index contributed by atoms with van der Waals surface area (Å²) < 4.78 is 5.29. The molecular weight excluding hydrogens is 254 g/mol. The number of benzene rings is 1. The van der Waals surface area contributed by atoms with Gasteiger partial charge in [0.25, 0.3) is 0 Å². The zero-order valence-corrected chi connectivity index (χ0v) is 10.9. The summed E-state index contributed by atoms with van der Waals surface area (Å²) in [6.07, 6.45) is 0. The van der Waals surface area contributed by atoms with Crippen molar-refractivity contribution < 1.29 is 9.53 Å². The molecule has 1 unspecified atom stereocenters. The lowest BCUT2D eigenvalue weighted by Crippen LogP contribution is -2.32. The molecule has 2 amide bonds. The molecule has 2 rings (SSSR count). The third-order valence-electron chi connectivity index (χ3n) is 2.95. The number of methoxy groups -OCH3 is 1. The lowest BCUT2D eigenvalue weighted by atomic mass is 10.1. The highest BCUT2D eigenvalue weighted by Gasteiger charge is 2.30. The molecule has 1 heterocycles. The molecular formula is C12H16ClN3O2. The fraction of sp³-hybridized carbons (Fsp3) is 0.417. The number of amides is 2. The molecule has 1 atom stereocenters. The smallest absolute Gasteiger partial charge is 0.318 e. The molecule has 0 bridgehead atoms. The van der Waals surface area contributed by atoms with Crippen LogP contribution in [0.3, 0.4) is 0 Å². The van der Waals surface area contributed by atoms with Gasteiger partial charge in [-0.1, -0.05) is 11.6 Å². The second kappa shape index (κ2) is 5.46. The maximum absolute atomic E-state index is 11.7. The summed E-state index contributed by atoms with van der Waals surface area (Å²) in [7, 11) is 1.60. The van der Waals surface area contributed by atoms with Gasteiger partial charge >= 0.3 is 6.03 Å². The number of urea groups is 1. The Balaban J connectivity index is 2.22. The van der Waals surface area contributed by atoms with Crippen molar-refractivity contribution >= 4 is 17.6 Å². The molecule has 1 saturated heterocycles. The second-order valence-corrected chi connectivity index (χ2v) is 4.56. The number of nitrogens with one attached hydrogen (secondary N) is 1. The average molecular weight is 270 g/mol. The molecule has 5 nitrogen and oxygen atoms in total. The predicted molar refractivity (Wildman–Crippen MR) is 69.9 cm³/mol. The predicted octanol–water partition coefficient (Wildman–Crippen LogP) is 1.37. The average Bonchev–Trinajstić information content (AvgIpc) is 2.71. The van der Waals surface area contributed by atoms with Gasteiger partial charge in [-0.25, -0.2) is 4.79 Å². The monoisotopic (exact) mass is 269 g/mol. The lowest BCUT2D eigenvalue weighted by molar-refractivity contribution is 0.218. The molecule has 1 aromatic rings. The fourth-order valence-electron chi connectivity index (χ4n) is 2.09. The van der Waals surface area contributed by atoms with Gasteiger partial charge in [0.1, 0.15) is 5.75 Å². The molecule has 0 saturated carbocycles. The molecule has 1 aromatic carbocycles. The van der Waals surface area contributed by atoms with Gasteiger partial charge in [0.05, 0.1) is 13.2 Å². The number of hydrogen-bond acceptors (Lipinski definition) is 3. The van der Waals surface area contributed by atoms with Gasteiger partial charge in [-0.05, 0) is 18.2 Å². The Bertz CT molecular complexity index is 453. The van der Waals surface area contributed by atoms with E-state index in [9.17, 15) is 4.79 Å². The van der Waals surface area contributed by atoms with Crippen molar-refractivity contribution in [3.63, 3.8) is 0 Å². The summed E-state index contributed by atoms with van der Waals surface area (Å²) in [5, 5.41) is 3.52. The summed E-state index contributed by atoms with van der Waals surface area (Å²) in [5.74, 6) is 0.722. The van der Waals surface area contributed by atoms with Crippen LogP contribution in [0.1, 0.15) is 11.6 Å². The van der Waals surface area contributed by atoms with Gasteiger partial charge < -0.3 is 20.7 Å². The van der Waals surface area contributed by atoms with E-state index in [2.05, 4.69) is 5.32 Å². The zero-order valence-electron chi connectivity index (χ0n) is 10.1. The number of rotatable bonds is 4. The van der Waals surface area contributed by atoms with Crippen LogP contribution in [-0.4, -0.2) is 37.7 Å². The minimum Gasteiger partial charge on any atom is -0.496 e. The number of carbonyl (C=O) groups is 1. The molecule has 1 fully saturated rings. The fourth-order valence-corrected chi connectivity index (χ4v) is 2.27. The van der Waals surface area contributed by atoms with E-state index in [1.165, 1.54) is 0 Å². The van der Waals surface area contributed by atoms with Gasteiger partial charge in [0.2, 0.25) is 0 Å². The highest BCUT2D eigenvalue weighted by Crippen LogP contribution is 2.30. The Morgan fingerprint density at radius 2 is 2.39 bits per heavy atom. The van der Waals surface area contributed by atoms with Crippen molar-refractivity contribution in [3.8, 4) is 5.75 Å². The minimum atomic E-state index is -0.113. The third-order valence-corrected chi connectivity index (χ3v) is 3.19. The van der Waals surface area contributed by atoms with Gasteiger partial charge in [-0.3, -0.25) is 0 Å². The van der Waals surface area contributed by atoms with E-state index in [0.29, 0.717) is 24.7 Å². The Kier molecular flexibility index (Phi) is 3.93. The molecule has 1 aliphatic heterocycles. The first-order chi connectivity index (χ1) is 8.65. The summed E-state index contributed by atoms with van der Waals surface area (Å²) in [6.45, 7) is 1.57. The van der Waals surface area contributed by atoms with Gasteiger partial charge in [0, 0.05) is 30.2 Å². The van der Waals surface area contributed by atoms with Crippen molar-refractivity contribution in [2.75, 3.05) is 26.7 Å². The number of nitrogens with zero attached hydrogens (tertiary/aromatic N) is 1. The van der Waals surface area contributed by atoms with Crippen LogP contribution in [0.15, 0.2) is 18.2 Å². The largest absolute Gasteiger partial charge is 0.496 e. The highest BCUT2D eigenvalue weighted by atomic mass is 35.5. The molecule has 0 radical (unpaired) electrons. The molecule has 6 heteroatoms. The molecule has 0 spiro atoms. The normalized spacial score (nSPS) is 18.9. The highest BCUT2D eigenvalue weighted by molar-refractivity contribution is 6.30. The van der Waals surface area contributed by atoms with E-state index in [1.54, 1.807) is 24.1 Å². The number of hydrogen-bond donors (Lipinski definition) is 2. The van der Waals surface area contributed by atoms with Crippen LogP contribution in [0, 0.1) is 0 Å². The number of nitrogens with two attached hydrogens (primary N) is 1. The third kappa shape index (κ3) is 2.52. The molecule has 98 valence electrons.